The number of nitrogens with one attached hydrogen (secondary N) is 1. The van der Waals surface area contributed by atoms with Gasteiger partial charge in [-0.05, 0) is 21.0 Å². The first-order valence-electron chi connectivity index (χ1n) is 5.95. The van der Waals surface area contributed by atoms with Gasteiger partial charge in [0.2, 0.25) is 0 Å². The number of hydrogen-bond donors (Lipinski definition) is 2. The van der Waals surface area contributed by atoms with E-state index < -0.39 is 12.0 Å². The average molecular weight is 275 g/mol. The molecular formula is C11H21N3O3S. The number of hydrogen-bond acceptors (Lipinski definition) is 4. The van der Waals surface area contributed by atoms with Crippen molar-refractivity contribution >= 4 is 23.8 Å². The molecule has 1 fully saturated rings. The van der Waals surface area contributed by atoms with Crippen molar-refractivity contribution in [3.8, 4) is 0 Å². The highest BCUT2D eigenvalue weighted by Gasteiger charge is 2.32. The van der Waals surface area contributed by atoms with Gasteiger partial charge in [0, 0.05) is 30.6 Å². The van der Waals surface area contributed by atoms with Crippen LogP contribution in [0, 0.1) is 0 Å². The van der Waals surface area contributed by atoms with Gasteiger partial charge in [-0.3, -0.25) is 0 Å². The lowest BCUT2D eigenvalue weighted by atomic mass is 10.3. The molecule has 0 aliphatic carbocycles. The number of aliphatic carboxylic acids is 1. The topological polar surface area (TPSA) is 72.9 Å². The highest BCUT2D eigenvalue weighted by molar-refractivity contribution is 7.99. The molecule has 1 saturated heterocycles. The first-order valence-corrected chi connectivity index (χ1v) is 7.10. The number of amides is 2. The Labute approximate surface area is 112 Å². The van der Waals surface area contributed by atoms with Crippen LogP contribution in [0.5, 0.6) is 0 Å². The molecule has 2 unspecified atom stereocenters. The van der Waals surface area contributed by atoms with Crippen molar-refractivity contribution in [1.29, 1.82) is 0 Å². The molecule has 2 N–H and O–H groups in total. The van der Waals surface area contributed by atoms with Crippen molar-refractivity contribution in [3.05, 3.63) is 0 Å². The van der Waals surface area contributed by atoms with E-state index in [0.717, 1.165) is 5.75 Å². The maximum absolute atomic E-state index is 12.0. The zero-order valence-corrected chi connectivity index (χ0v) is 11.9. The molecule has 0 spiro atoms. The van der Waals surface area contributed by atoms with E-state index in [1.54, 1.807) is 11.8 Å². The van der Waals surface area contributed by atoms with Crippen LogP contribution >= 0.6 is 11.8 Å². The van der Waals surface area contributed by atoms with E-state index in [9.17, 15) is 9.59 Å². The highest BCUT2D eigenvalue weighted by Crippen LogP contribution is 2.16. The lowest BCUT2D eigenvalue weighted by Gasteiger charge is -2.33. The average Bonchev–Trinajstić information content (AvgIpc) is 2.35. The van der Waals surface area contributed by atoms with Gasteiger partial charge >= 0.3 is 12.0 Å². The van der Waals surface area contributed by atoms with E-state index in [0.29, 0.717) is 18.8 Å². The number of thioether (sulfide) groups is 1. The summed E-state index contributed by atoms with van der Waals surface area (Å²) in [6.07, 6.45) is 0. The molecule has 0 bridgehead atoms. The van der Waals surface area contributed by atoms with Crippen LogP contribution in [0.25, 0.3) is 0 Å². The maximum atomic E-state index is 12.0. The van der Waals surface area contributed by atoms with Crippen molar-refractivity contribution in [3.63, 3.8) is 0 Å². The van der Waals surface area contributed by atoms with Crippen LogP contribution in [0.4, 0.5) is 4.79 Å². The Hall–Kier alpha value is -0.950. The molecule has 1 aliphatic heterocycles. The highest BCUT2D eigenvalue weighted by atomic mass is 32.2. The molecule has 6 nitrogen and oxygen atoms in total. The van der Waals surface area contributed by atoms with E-state index in [1.165, 1.54) is 4.90 Å². The molecule has 18 heavy (non-hydrogen) atoms. The van der Waals surface area contributed by atoms with E-state index >= 15 is 0 Å². The van der Waals surface area contributed by atoms with Gasteiger partial charge in [-0.2, -0.15) is 11.8 Å². The Morgan fingerprint density at radius 2 is 2.22 bits per heavy atom. The van der Waals surface area contributed by atoms with Gasteiger partial charge in [-0.15, -0.1) is 0 Å². The summed E-state index contributed by atoms with van der Waals surface area (Å²) in [5, 5.41) is 11.9. The summed E-state index contributed by atoms with van der Waals surface area (Å²) in [7, 11) is 3.88. The fourth-order valence-corrected chi connectivity index (χ4v) is 2.61. The first-order chi connectivity index (χ1) is 8.43. The summed E-state index contributed by atoms with van der Waals surface area (Å²) in [5.74, 6) is 0.324. The number of urea groups is 1. The predicted molar refractivity (Wildman–Crippen MR) is 72.0 cm³/mol. The van der Waals surface area contributed by atoms with Crippen molar-refractivity contribution in [2.24, 2.45) is 0 Å². The van der Waals surface area contributed by atoms with Crippen molar-refractivity contribution in [1.82, 2.24) is 15.1 Å². The maximum Gasteiger partial charge on any atom is 0.327 e. The molecule has 2 atom stereocenters. The first kappa shape index (κ1) is 15.1. The molecule has 0 aromatic carbocycles. The summed E-state index contributed by atoms with van der Waals surface area (Å²) >= 11 is 1.57. The van der Waals surface area contributed by atoms with E-state index in [1.807, 2.05) is 25.9 Å². The monoisotopic (exact) mass is 275 g/mol. The van der Waals surface area contributed by atoms with Crippen LogP contribution in [-0.4, -0.2) is 77.7 Å². The van der Waals surface area contributed by atoms with Crippen LogP contribution in [0.3, 0.4) is 0 Å². The third-order valence-corrected chi connectivity index (χ3v) is 4.13. The van der Waals surface area contributed by atoms with Crippen molar-refractivity contribution in [2.75, 3.05) is 38.7 Å². The molecule has 1 heterocycles. The number of carboxylic acids is 1. The number of carbonyl (C=O) groups excluding carboxylic acids is 1. The van der Waals surface area contributed by atoms with Crippen molar-refractivity contribution < 1.29 is 14.7 Å². The molecule has 104 valence electrons. The van der Waals surface area contributed by atoms with Crippen LogP contribution in [0.2, 0.25) is 0 Å². The molecule has 1 rings (SSSR count). The third kappa shape index (κ3) is 4.06. The Morgan fingerprint density at radius 3 is 2.78 bits per heavy atom. The standard InChI is InChI=1S/C11H21N3O3S/c1-8(13(2)3)6-12-11(17)14-4-5-18-7-9(14)10(15)16/h8-9H,4-7H2,1-3H3,(H,12,17)(H,15,16). The fourth-order valence-electron chi connectivity index (χ4n) is 1.57. The third-order valence-electron chi connectivity index (χ3n) is 3.10. The minimum atomic E-state index is -0.932. The molecular weight excluding hydrogens is 254 g/mol. The van der Waals surface area contributed by atoms with Gasteiger partial charge in [0.1, 0.15) is 6.04 Å². The number of carboxylic acid groups (broad SMARTS) is 1. The van der Waals surface area contributed by atoms with Gasteiger partial charge in [0.05, 0.1) is 0 Å². The van der Waals surface area contributed by atoms with Gasteiger partial charge < -0.3 is 20.2 Å². The van der Waals surface area contributed by atoms with Gasteiger partial charge in [-0.1, -0.05) is 0 Å². The summed E-state index contributed by atoms with van der Waals surface area (Å²) in [6, 6.07) is -0.772. The normalized spacial score (nSPS) is 21.8. The van der Waals surface area contributed by atoms with Crippen molar-refractivity contribution in [2.45, 2.75) is 19.0 Å². The largest absolute Gasteiger partial charge is 0.480 e. The number of nitrogens with zero attached hydrogens (tertiary/aromatic N) is 2. The molecule has 0 radical (unpaired) electrons. The zero-order chi connectivity index (χ0) is 13.7. The fraction of sp³-hybridized carbons (Fsp3) is 0.818. The number of likely N-dealkylation sites (N-methyl/N-ethyl adjacent to an activating group) is 1. The lowest BCUT2D eigenvalue weighted by molar-refractivity contribution is -0.141. The van der Waals surface area contributed by atoms with Gasteiger partial charge in [0.15, 0.2) is 0 Å². The smallest absolute Gasteiger partial charge is 0.327 e. The lowest BCUT2D eigenvalue weighted by Crippen LogP contribution is -2.55. The minimum absolute atomic E-state index is 0.219. The minimum Gasteiger partial charge on any atom is -0.480 e. The second-order valence-corrected chi connectivity index (χ2v) is 5.77. The molecule has 2 amide bonds. The molecule has 0 saturated carbocycles. The molecule has 0 aromatic heterocycles. The summed E-state index contributed by atoms with van der Waals surface area (Å²) in [4.78, 5) is 26.5. The summed E-state index contributed by atoms with van der Waals surface area (Å²) in [6.45, 7) is 3.01. The zero-order valence-electron chi connectivity index (χ0n) is 11.0. The summed E-state index contributed by atoms with van der Waals surface area (Å²) in [5.41, 5.74) is 0. The Morgan fingerprint density at radius 1 is 1.56 bits per heavy atom. The van der Waals surface area contributed by atoms with E-state index in [-0.39, 0.29) is 12.1 Å². The summed E-state index contributed by atoms with van der Waals surface area (Å²) < 4.78 is 0. The Bertz CT molecular complexity index is 312. The number of rotatable bonds is 4. The van der Waals surface area contributed by atoms with Crippen LogP contribution < -0.4 is 5.32 Å². The SMILES string of the molecule is CC(CNC(=O)N1CCSCC1C(=O)O)N(C)C. The van der Waals surface area contributed by atoms with Crippen LogP contribution in [0.1, 0.15) is 6.92 Å². The quantitative estimate of drug-likeness (QED) is 0.764. The molecule has 1 aliphatic rings. The van der Waals surface area contributed by atoms with E-state index in [2.05, 4.69) is 5.32 Å². The molecule has 0 aromatic rings. The van der Waals surface area contributed by atoms with Gasteiger partial charge in [0.25, 0.3) is 0 Å². The van der Waals surface area contributed by atoms with Gasteiger partial charge in [-0.25, -0.2) is 9.59 Å². The Kier molecular flexibility index (Phi) is 5.74. The van der Waals surface area contributed by atoms with E-state index in [4.69, 9.17) is 5.11 Å². The Balaban J connectivity index is 2.51. The van der Waals surface area contributed by atoms with Crippen LogP contribution in [-0.2, 0) is 4.79 Å². The number of carbonyl (C=O) groups is 2. The second-order valence-electron chi connectivity index (χ2n) is 4.62. The predicted octanol–water partition coefficient (Wildman–Crippen LogP) is 0.148. The second kappa shape index (κ2) is 6.84. The molecule has 7 heteroatoms. The van der Waals surface area contributed by atoms with Crippen LogP contribution in [0.15, 0.2) is 0 Å².